The maximum Gasteiger partial charge on any atom is 0.0777 e. The molecule has 0 aliphatic heterocycles. The predicted molar refractivity (Wildman–Crippen MR) is 4.44 cm³/mol. The Balaban J connectivity index is -0.000000107. The molecule has 0 radical (unpaired) electrons. The molecule has 0 aromatic rings. The van der Waals surface area contributed by atoms with Gasteiger partial charge >= 0.3 is 0 Å². The Morgan fingerprint density at radius 3 is 0.636 bits per heavy atom. The van der Waals surface area contributed by atoms with Crippen molar-refractivity contribution >= 4 is 0 Å². The largest absolute Gasteiger partial charge is 0.183 e. The van der Waals surface area contributed by atoms with E-state index in [0.29, 0.717) is 0 Å². The van der Waals surface area contributed by atoms with Crippen molar-refractivity contribution in [1.29, 1.82) is 0 Å². The van der Waals surface area contributed by atoms with Gasteiger partial charge in [-0.15, -0.1) is 0 Å². The molecule has 0 saturated heterocycles. The van der Waals surface area contributed by atoms with E-state index in [1.807, 2.05) is 0 Å². The number of rotatable bonds is 0. The first-order valence-electron chi connectivity index (χ1n) is 1.26. The van der Waals surface area contributed by atoms with Gasteiger partial charge in [0.15, 0.2) is 0 Å². The number of hydrogen-bond donors (Lipinski definition) is 2. The van der Waals surface area contributed by atoms with Crippen LogP contribution in [0.4, 0.5) is 0 Å². The minimum absolute atomic E-state index is 0. The van der Waals surface area contributed by atoms with Crippen molar-refractivity contribution in [3.05, 3.63) is 0 Å². The quantitative estimate of drug-likeness (QED) is 0.402. The van der Waals surface area contributed by atoms with Gasteiger partial charge in [-0.05, 0) is 0 Å². The van der Waals surface area contributed by atoms with Gasteiger partial charge in [0.1, 0.15) is 0 Å². The second kappa shape index (κ2) is 6.29. The van der Waals surface area contributed by atoms with Crippen LogP contribution in [-0.2, 0) is 16.5 Å². The van der Waals surface area contributed by atoms with Crippen molar-refractivity contribution in [2.24, 2.45) is 0 Å². The molecule has 0 saturated carbocycles. The molecule has 0 aliphatic carbocycles. The molecule has 0 rings (SSSR count). The Morgan fingerprint density at radius 1 is 0.636 bits per heavy atom. The van der Waals surface area contributed by atoms with E-state index in [0.717, 1.165) is 0 Å². The van der Waals surface area contributed by atoms with E-state index in [-0.39, 0.29) is 16.5 Å². The maximum atomic E-state index is 8.60. The molecule has 0 aromatic heterocycles. The van der Waals surface area contributed by atoms with Crippen molar-refractivity contribution in [3.63, 3.8) is 0 Å². The fourth-order valence-electron chi connectivity index (χ4n) is 0. The van der Waals surface area contributed by atoms with Gasteiger partial charge in [-0.2, -0.15) is 28.0 Å². The van der Waals surface area contributed by atoms with Crippen molar-refractivity contribution in [2.45, 2.75) is 0 Å². The summed E-state index contributed by atoms with van der Waals surface area (Å²) >= 11 is 0. The van der Waals surface area contributed by atoms with Crippen molar-refractivity contribution in [1.82, 2.24) is 0 Å². The van der Waals surface area contributed by atoms with Gasteiger partial charge in [0, 0.05) is 16.5 Å². The molecule has 0 unspecified atom stereocenters. The normalized spacial score (nSPS) is 10.9. The fourth-order valence-corrected chi connectivity index (χ4v) is 0. The van der Waals surface area contributed by atoms with Gasteiger partial charge in [-0.1, -0.05) is 0 Å². The van der Waals surface area contributed by atoms with Crippen LogP contribution < -0.4 is 28.0 Å². The Hall–Kier alpha value is 0.754. The zero-order valence-electron chi connectivity index (χ0n) is 4.42. The second-order valence-corrected chi connectivity index (χ2v) is 2.38. The molecule has 0 aliphatic rings. The van der Waals surface area contributed by atoms with Crippen LogP contribution in [-0.4, -0.2) is 9.32 Å². The summed E-state index contributed by atoms with van der Waals surface area (Å²) < 4.78 is 65.4. The molecular weight excluding hydrogens is 258 g/mol. The molecule has 74 valence electrons. The zero-order valence-corrected chi connectivity index (χ0v) is 6.92. The molecule has 0 aromatic carbocycles. The summed E-state index contributed by atoms with van der Waals surface area (Å²) in [7, 11) is -9.39. The predicted octanol–water partition coefficient (Wildman–Crippen LogP) is -8.25. The summed E-state index contributed by atoms with van der Waals surface area (Å²) in [5.41, 5.74) is 0. The van der Waals surface area contributed by atoms with Crippen LogP contribution in [0.3, 0.4) is 0 Å². The Kier molecular flexibility index (Phi) is 10.1. The molecule has 11 heteroatoms. The van der Waals surface area contributed by atoms with Gasteiger partial charge in [0.2, 0.25) is 0 Å². The molecular formula is H2Cl2NiO8. The molecule has 0 heterocycles. The van der Waals surface area contributed by atoms with E-state index >= 15 is 0 Å². The topological polar surface area (TPSA) is 179 Å². The van der Waals surface area contributed by atoms with Crippen LogP contribution in [0, 0.1) is 20.5 Å². The van der Waals surface area contributed by atoms with Gasteiger partial charge in [-0.3, -0.25) is 0 Å². The van der Waals surface area contributed by atoms with Crippen molar-refractivity contribution in [2.75, 3.05) is 0 Å². The van der Waals surface area contributed by atoms with Crippen LogP contribution in [0.5, 0.6) is 0 Å². The van der Waals surface area contributed by atoms with Gasteiger partial charge in [0.05, 0.1) is 29.8 Å². The Bertz CT molecular complexity index is 55.1. The summed E-state index contributed by atoms with van der Waals surface area (Å²) in [4.78, 5) is 0. The van der Waals surface area contributed by atoms with Crippen LogP contribution >= 0.6 is 0 Å². The maximum absolute atomic E-state index is 8.60. The van der Waals surface area contributed by atoms with E-state index in [4.69, 9.17) is 37.3 Å². The van der Waals surface area contributed by atoms with E-state index in [9.17, 15) is 0 Å². The van der Waals surface area contributed by atoms with E-state index < -0.39 is 20.5 Å². The third-order valence-electron chi connectivity index (χ3n) is 0. The minimum atomic E-state index is -4.69. The van der Waals surface area contributed by atoms with Crippen LogP contribution in [0.2, 0.25) is 0 Å². The summed E-state index contributed by atoms with van der Waals surface area (Å²) in [6.45, 7) is 0. The fraction of sp³-hybridized carbons (Fsp3) is 0. The average molecular weight is 260 g/mol. The summed E-state index contributed by atoms with van der Waals surface area (Å²) in [5.74, 6) is 0. The summed E-state index contributed by atoms with van der Waals surface area (Å²) in [6.07, 6.45) is 0. The molecule has 0 atom stereocenters. The molecule has 0 amide bonds. The van der Waals surface area contributed by atoms with Gasteiger partial charge in [0.25, 0.3) is 0 Å². The monoisotopic (exact) mass is 258 g/mol. The van der Waals surface area contributed by atoms with Crippen molar-refractivity contribution < 1.29 is 74.2 Å². The Morgan fingerprint density at radius 2 is 0.636 bits per heavy atom. The van der Waals surface area contributed by atoms with Crippen LogP contribution in [0.1, 0.15) is 0 Å². The smallest absolute Gasteiger partial charge is 0.0777 e. The van der Waals surface area contributed by atoms with E-state index in [2.05, 4.69) is 0 Å². The standard InChI is InChI=1S/2ClHO4.Ni/c2*2-1(3,4)5;/h2*(H,2,3,4,5);. The third-order valence-corrected chi connectivity index (χ3v) is 0. The van der Waals surface area contributed by atoms with E-state index in [1.165, 1.54) is 0 Å². The molecule has 2 N–H and O–H groups in total. The first kappa shape index (κ1) is 17.7. The molecule has 11 heavy (non-hydrogen) atoms. The van der Waals surface area contributed by atoms with Gasteiger partial charge < -0.3 is 0 Å². The van der Waals surface area contributed by atoms with Gasteiger partial charge in [-0.25, -0.2) is 0 Å². The summed E-state index contributed by atoms with van der Waals surface area (Å²) in [5, 5.41) is 0. The average Bonchev–Trinajstić information content (AvgIpc) is 1.12. The molecule has 0 fully saturated rings. The van der Waals surface area contributed by atoms with Crippen LogP contribution in [0.25, 0.3) is 0 Å². The minimum Gasteiger partial charge on any atom is -0.183 e. The molecule has 8 nitrogen and oxygen atoms in total. The SMILES string of the molecule is [Ni].[O-][Cl+3]([O-])([O-])O.[O-][Cl+3]([O-])([O-])O. The van der Waals surface area contributed by atoms with Crippen LogP contribution in [0.15, 0.2) is 0 Å². The van der Waals surface area contributed by atoms with E-state index in [1.54, 1.807) is 0 Å². The first-order valence-corrected chi connectivity index (χ1v) is 3.79. The second-order valence-electron chi connectivity index (χ2n) is 0.792. The number of hydrogen-bond acceptors (Lipinski definition) is 8. The molecule has 0 spiro atoms. The first-order chi connectivity index (χ1) is 4.00. The Labute approximate surface area is 74.7 Å². The number of halogens is 2. The third kappa shape index (κ3) is 1450. The van der Waals surface area contributed by atoms with Crippen molar-refractivity contribution in [3.8, 4) is 0 Å². The molecule has 0 bridgehead atoms. The summed E-state index contributed by atoms with van der Waals surface area (Å²) in [6, 6.07) is 0. The zero-order chi connectivity index (χ0) is 9.00.